The van der Waals surface area contributed by atoms with Crippen LogP contribution in [0.3, 0.4) is 0 Å². The molecule has 0 aliphatic heterocycles. The van der Waals surface area contributed by atoms with Crippen molar-refractivity contribution in [2.24, 2.45) is 0 Å². The molecule has 1 atom stereocenters. The molecule has 96 valence electrons. The fraction of sp³-hybridized carbons (Fsp3) is 0.625. The van der Waals surface area contributed by atoms with E-state index in [0.29, 0.717) is 6.10 Å². The third kappa shape index (κ3) is 4.51. The van der Waals surface area contributed by atoms with E-state index < -0.39 is 0 Å². The number of hydrogen-bond donors (Lipinski definition) is 0. The molecular weight excluding hydrogens is 208 g/mol. The summed E-state index contributed by atoms with van der Waals surface area (Å²) in [7, 11) is 1.81. The Kier molecular flexibility index (Phi) is 5.20. The van der Waals surface area contributed by atoms with Crippen LogP contribution in [0, 0.1) is 0 Å². The zero-order valence-corrected chi connectivity index (χ0v) is 11.9. The molecule has 0 radical (unpaired) electrons. The maximum absolute atomic E-state index is 5.52. The Labute approximate surface area is 106 Å². The van der Waals surface area contributed by atoms with Crippen LogP contribution in [0.25, 0.3) is 0 Å². The molecule has 0 aliphatic rings. The van der Waals surface area contributed by atoms with Crippen molar-refractivity contribution in [2.45, 2.75) is 58.5 Å². The van der Waals surface area contributed by atoms with E-state index in [9.17, 15) is 0 Å². The van der Waals surface area contributed by atoms with Gasteiger partial charge in [-0.3, -0.25) is 0 Å². The zero-order chi connectivity index (χ0) is 12.9. The van der Waals surface area contributed by atoms with Gasteiger partial charge in [-0.2, -0.15) is 0 Å². The van der Waals surface area contributed by atoms with Crippen LogP contribution in [-0.4, -0.2) is 13.2 Å². The summed E-state index contributed by atoms with van der Waals surface area (Å²) in [5, 5.41) is 0. The molecular formula is C16H26O. The molecule has 0 aromatic heterocycles. The Balaban J connectivity index is 2.78. The van der Waals surface area contributed by atoms with Crippen molar-refractivity contribution in [2.75, 3.05) is 7.11 Å². The normalized spacial score (nSPS) is 13.7. The van der Waals surface area contributed by atoms with Crippen LogP contribution in [0.5, 0.6) is 0 Å². The molecule has 1 nitrogen and oxygen atoms in total. The first-order valence-corrected chi connectivity index (χ1v) is 6.59. The minimum atomic E-state index is 0.226. The van der Waals surface area contributed by atoms with Crippen LogP contribution in [0.2, 0.25) is 0 Å². The van der Waals surface area contributed by atoms with Crippen LogP contribution in [0.1, 0.15) is 51.7 Å². The minimum Gasteiger partial charge on any atom is -0.381 e. The summed E-state index contributed by atoms with van der Waals surface area (Å²) in [4.78, 5) is 0. The van der Waals surface area contributed by atoms with Gasteiger partial charge in [0.05, 0.1) is 6.10 Å². The Morgan fingerprint density at radius 1 is 1.24 bits per heavy atom. The average molecular weight is 234 g/mol. The van der Waals surface area contributed by atoms with Crippen LogP contribution in [0.4, 0.5) is 0 Å². The summed E-state index contributed by atoms with van der Waals surface area (Å²) in [5.74, 6) is 0. The summed E-state index contributed by atoms with van der Waals surface area (Å²) in [5.41, 5.74) is 3.02. The topological polar surface area (TPSA) is 9.23 Å². The number of rotatable bonds is 5. The van der Waals surface area contributed by atoms with Gasteiger partial charge in [-0.15, -0.1) is 0 Å². The van der Waals surface area contributed by atoms with E-state index in [1.165, 1.54) is 17.5 Å². The number of methoxy groups -OCH3 is 1. The van der Waals surface area contributed by atoms with E-state index in [2.05, 4.69) is 52.0 Å². The molecule has 1 unspecified atom stereocenters. The van der Waals surface area contributed by atoms with Crippen molar-refractivity contribution in [3.8, 4) is 0 Å². The Bertz CT molecular complexity index is 336. The third-order valence-electron chi connectivity index (χ3n) is 3.20. The van der Waals surface area contributed by atoms with Crippen molar-refractivity contribution >= 4 is 0 Å². The highest BCUT2D eigenvalue weighted by molar-refractivity contribution is 5.29. The first kappa shape index (κ1) is 14.2. The predicted octanol–water partition coefficient (Wildman–Crippen LogP) is 4.34. The Morgan fingerprint density at radius 2 is 1.94 bits per heavy atom. The molecule has 0 saturated carbocycles. The molecule has 0 aliphatic carbocycles. The molecule has 1 aromatic carbocycles. The van der Waals surface area contributed by atoms with Crippen LogP contribution in [-0.2, 0) is 16.6 Å². The Hall–Kier alpha value is -0.820. The molecule has 17 heavy (non-hydrogen) atoms. The monoisotopic (exact) mass is 234 g/mol. The SMILES string of the molecule is CCCC(Cc1cccc(C(C)(C)C)c1)OC. The Morgan fingerprint density at radius 3 is 2.47 bits per heavy atom. The fourth-order valence-corrected chi connectivity index (χ4v) is 2.05. The highest BCUT2D eigenvalue weighted by atomic mass is 16.5. The van der Waals surface area contributed by atoms with Gasteiger partial charge in [0.2, 0.25) is 0 Å². The molecule has 0 heterocycles. The van der Waals surface area contributed by atoms with Crippen LogP contribution in [0.15, 0.2) is 24.3 Å². The van der Waals surface area contributed by atoms with Crippen molar-refractivity contribution in [1.82, 2.24) is 0 Å². The van der Waals surface area contributed by atoms with E-state index in [0.717, 1.165) is 12.8 Å². The lowest BCUT2D eigenvalue weighted by atomic mass is 9.85. The third-order valence-corrected chi connectivity index (χ3v) is 3.20. The molecule has 0 bridgehead atoms. The van der Waals surface area contributed by atoms with E-state index in [1.54, 1.807) is 0 Å². The minimum absolute atomic E-state index is 0.226. The first-order chi connectivity index (χ1) is 7.97. The lowest BCUT2D eigenvalue weighted by Gasteiger charge is -2.21. The van der Waals surface area contributed by atoms with Gasteiger partial charge in [-0.05, 0) is 29.4 Å². The summed E-state index contributed by atoms with van der Waals surface area (Å²) in [6, 6.07) is 8.90. The smallest absolute Gasteiger partial charge is 0.0611 e. The largest absolute Gasteiger partial charge is 0.381 e. The van der Waals surface area contributed by atoms with Crippen molar-refractivity contribution < 1.29 is 4.74 Å². The zero-order valence-electron chi connectivity index (χ0n) is 11.9. The standard InChI is InChI=1S/C16H26O/c1-6-8-15(17-5)12-13-9-7-10-14(11-13)16(2,3)4/h7,9-11,15H,6,8,12H2,1-5H3. The van der Waals surface area contributed by atoms with Crippen molar-refractivity contribution in [3.63, 3.8) is 0 Å². The summed E-state index contributed by atoms with van der Waals surface area (Å²) < 4.78 is 5.52. The molecule has 1 rings (SSSR count). The van der Waals surface area contributed by atoms with Gasteiger partial charge >= 0.3 is 0 Å². The maximum Gasteiger partial charge on any atom is 0.0611 e. The molecule has 0 spiro atoms. The van der Waals surface area contributed by atoms with Gasteiger partial charge < -0.3 is 4.74 Å². The second-order valence-corrected chi connectivity index (χ2v) is 5.80. The average Bonchev–Trinajstić information content (AvgIpc) is 2.28. The van der Waals surface area contributed by atoms with Gasteiger partial charge in [0, 0.05) is 7.11 Å². The van der Waals surface area contributed by atoms with Gasteiger partial charge in [-0.25, -0.2) is 0 Å². The maximum atomic E-state index is 5.52. The second kappa shape index (κ2) is 6.20. The highest BCUT2D eigenvalue weighted by Crippen LogP contribution is 2.23. The fourth-order valence-electron chi connectivity index (χ4n) is 2.05. The number of benzene rings is 1. The summed E-state index contributed by atoms with van der Waals surface area (Å²) in [6.45, 7) is 8.97. The van der Waals surface area contributed by atoms with E-state index in [-0.39, 0.29) is 5.41 Å². The van der Waals surface area contributed by atoms with Crippen LogP contribution < -0.4 is 0 Å². The summed E-state index contributed by atoms with van der Waals surface area (Å²) in [6.07, 6.45) is 3.69. The molecule has 0 N–H and O–H groups in total. The van der Waals surface area contributed by atoms with Crippen LogP contribution >= 0.6 is 0 Å². The lowest BCUT2D eigenvalue weighted by molar-refractivity contribution is 0.0949. The highest BCUT2D eigenvalue weighted by Gasteiger charge is 2.14. The quantitative estimate of drug-likeness (QED) is 0.736. The number of hydrogen-bond acceptors (Lipinski definition) is 1. The van der Waals surface area contributed by atoms with Gasteiger partial charge in [-0.1, -0.05) is 58.4 Å². The molecule has 1 heteroatoms. The van der Waals surface area contributed by atoms with E-state index >= 15 is 0 Å². The first-order valence-electron chi connectivity index (χ1n) is 6.59. The van der Waals surface area contributed by atoms with Crippen molar-refractivity contribution in [1.29, 1.82) is 0 Å². The van der Waals surface area contributed by atoms with E-state index in [4.69, 9.17) is 4.74 Å². The van der Waals surface area contributed by atoms with Gasteiger partial charge in [0.25, 0.3) is 0 Å². The molecule has 0 saturated heterocycles. The van der Waals surface area contributed by atoms with Gasteiger partial charge in [0.1, 0.15) is 0 Å². The predicted molar refractivity (Wildman–Crippen MR) is 74.6 cm³/mol. The van der Waals surface area contributed by atoms with E-state index in [1.807, 2.05) is 7.11 Å². The van der Waals surface area contributed by atoms with Gasteiger partial charge in [0.15, 0.2) is 0 Å². The summed E-state index contributed by atoms with van der Waals surface area (Å²) >= 11 is 0. The lowest BCUT2D eigenvalue weighted by Crippen LogP contribution is -2.15. The van der Waals surface area contributed by atoms with Crippen molar-refractivity contribution in [3.05, 3.63) is 35.4 Å². The number of ether oxygens (including phenoxy) is 1. The molecule has 0 amide bonds. The second-order valence-electron chi connectivity index (χ2n) is 5.80. The molecule has 1 aromatic rings. The molecule has 0 fully saturated rings.